The molecule has 0 spiro atoms. The molecular formula is C26H37N5O5S. The number of hydrogen-bond donors (Lipinski definition) is 4. The van der Waals surface area contributed by atoms with Crippen molar-refractivity contribution in [2.75, 3.05) is 68.7 Å². The largest absolute Gasteiger partial charge is 0.396 e. The Labute approximate surface area is 222 Å². The first-order valence-corrected chi connectivity index (χ1v) is 13.9. The summed E-state index contributed by atoms with van der Waals surface area (Å²) in [6.07, 6.45) is 2.44. The number of aliphatic hydroxyl groups is 2. The number of nitrogens with one attached hydrogen (secondary N) is 2. The summed E-state index contributed by atoms with van der Waals surface area (Å²) >= 11 is 1.85. The number of anilines is 2. The number of urea groups is 1. The molecule has 0 aliphatic carbocycles. The molecule has 4 N–H and O–H groups in total. The van der Waals surface area contributed by atoms with Crippen molar-refractivity contribution in [1.82, 2.24) is 15.3 Å². The Bertz CT molecular complexity index is 1020. The van der Waals surface area contributed by atoms with Gasteiger partial charge in [0.1, 0.15) is 5.82 Å². The van der Waals surface area contributed by atoms with Crippen molar-refractivity contribution in [3.05, 3.63) is 36.0 Å². The van der Waals surface area contributed by atoms with Gasteiger partial charge in [0.05, 0.1) is 36.3 Å². The van der Waals surface area contributed by atoms with E-state index in [0.717, 1.165) is 48.6 Å². The molecule has 0 bridgehead atoms. The molecule has 2 amide bonds. The zero-order valence-corrected chi connectivity index (χ0v) is 22.1. The molecule has 202 valence electrons. The second-order valence-corrected chi connectivity index (χ2v) is 10.7. The van der Waals surface area contributed by atoms with E-state index in [-0.39, 0.29) is 36.6 Å². The average Bonchev–Trinajstić information content (AvgIpc) is 2.93. The second-order valence-electron chi connectivity index (χ2n) is 9.27. The molecule has 1 atom stereocenters. The van der Waals surface area contributed by atoms with Crippen LogP contribution in [0.5, 0.6) is 0 Å². The minimum Gasteiger partial charge on any atom is -0.396 e. The Morgan fingerprint density at radius 3 is 2.62 bits per heavy atom. The van der Waals surface area contributed by atoms with Crippen molar-refractivity contribution in [2.45, 2.75) is 37.0 Å². The Hall–Kier alpha value is -2.44. The number of nitrogens with zero attached hydrogens (tertiary/aromatic N) is 3. The lowest BCUT2D eigenvalue weighted by molar-refractivity contribution is 0.0758. The van der Waals surface area contributed by atoms with E-state index in [4.69, 9.17) is 24.5 Å². The predicted octanol–water partition coefficient (Wildman–Crippen LogP) is 2.60. The zero-order valence-electron chi connectivity index (χ0n) is 21.3. The van der Waals surface area contributed by atoms with E-state index in [1.165, 1.54) is 0 Å². The molecule has 2 aliphatic rings. The van der Waals surface area contributed by atoms with E-state index < -0.39 is 0 Å². The molecule has 4 rings (SSSR count). The molecule has 11 heteroatoms. The fourth-order valence-electron chi connectivity index (χ4n) is 4.57. The Morgan fingerprint density at radius 2 is 1.92 bits per heavy atom. The first-order valence-electron chi connectivity index (χ1n) is 12.9. The highest BCUT2D eigenvalue weighted by molar-refractivity contribution is 8.00. The molecule has 0 radical (unpaired) electrons. The van der Waals surface area contributed by atoms with Gasteiger partial charge in [0, 0.05) is 50.2 Å². The molecule has 1 aromatic heterocycles. The molecule has 2 saturated heterocycles. The summed E-state index contributed by atoms with van der Waals surface area (Å²) in [5.41, 5.74) is 2.48. The lowest BCUT2D eigenvalue weighted by Gasteiger charge is -2.38. The molecule has 37 heavy (non-hydrogen) atoms. The number of carbonyl (C=O) groups is 1. The zero-order chi connectivity index (χ0) is 26.1. The van der Waals surface area contributed by atoms with E-state index in [2.05, 4.69) is 28.5 Å². The summed E-state index contributed by atoms with van der Waals surface area (Å²) in [6.45, 7) is 5.80. The number of aromatic nitrogens is 2. The van der Waals surface area contributed by atoms with Crippen molar-refractivity contribution >= 4 is 29.3 Å². The maximum Gasteiger partial charge on any atom is 0.319 e. The highest BCUT2D eigenvalue weighted by Gasteiger charge is 2.37. The molecule has 2 fully saturated rings. The molecule has 0 unspecified atom stereocenters. The molecule has 0 saturated carbocycles. The van der Waals surface area contributed by atoms with Crippen LogP contribution in [-0.2, 0) is 14.2 Å². The second kappa shape index (κ2) is 13.4. The van der Waals surface area contributed by atoms with E-state index in [9.17, 15) is 9.90 Å². The number of morpholine rings is 1. The van der Waals surface area contributed by atoms with Crippen LogP contribution < -0.4 is 15.5 Å². The summed E-state index contributed by atoms with van der Waals surface area (Å²) in [7, 11) is 0. The van der Waals surface area contributed by atoms with Gasteiger partial charge in [0.15, 0.2) is 5.82 Å². The topological polar surface area (TPSA) is 129 Å². The number of amides is 2. The van der Waals surface area contributed by atoms with Gasteiger partial charge < -0.3 is 35.2 Å². The van der Waals surface area contributed by atoms with E-state index >= 15 is 0 Å². The van der Waals surface area contributed by atoms with Gasteiger partial charge in [-0.25, -0.2) is 14.8 Å². The van der Waals surface area contributed by atoms with Crippen LogP contribution in [-0.4, -0.2) is 90.7 Å². The van der Waals surface area contributed by atoms with Crippen LogP contribution in [0.4, 0.5) is 16.3 Å². The molecule has 10 nitrogen and oxygen atoms in total. The highest BCUT2D eigenvalue weighted by atomic mass is 32.2. The third-order valence-electron chi connectivity index (χ3n) is 6.62. The number of ether oxygens (including phenoxy) is 2. The summed E-state index contributed by atoms with van der Waals surface area (Å²) in [6, 6.07) is 9.41. The summed E-state index contributed by atoms with van der Waals surface area (Å²) in [5, 5.41) is 23.6. The quantitative estimate of drug-likeness (QED) is 0.342. The maximum atomic E-state index is 11.9. The van der Waals surface area contributed by atoms with Crippen LogP contribution in [0.15, 0.2) is 30.3 Å². The van der Waals surface area contributed by atoms with Gasteiger partial charge in [-0.15, -0.1) is 11.8 Å². The highest BCUT2D eigenvalue weighted by Crippen LogP contribution is 2.45. The minimum atomic E-state index is -0.370. The first-order chi connectivity index (χ1) is 18.0. The molecule has 1 aromatic carbocycles. The van der Waals surface area contributed by atoms with Gasteiger partial charge in [-0.2, -0.15) is 0 Å². The number of aliphatic hydroxyl groups excluding tert-OH is 2. The lowest BCUT2D eigenvalue weighted by atomic mass is 9.94. The standard InChI is InChI=1S/C26H37N5O5S/c1-19-18-36-15-10-31(19)23-17-22(26(37-16-2-11-32)7-13-35-14-8-26)29-24(30-23)20-3-5-21(6-4-20)28-25(34)27-9-12-33/h3-6,17,19,32-33H,2,7-16,18H2,1H3,(H2,27,28,34)/t19-/m0/s1. The van der Waals surface area contributed by atoms with Crippen LogP contribution in [0.25, 0.3) is 11.4 Å². The number of rotatable bonds is 10. The van der Waals surface area contributed by atoms with Crippen LogP contribution in [0.3, 0.4) is 0 Å². The molecule has 2 aromatic rings. The van der Waals surface area contributed by atoms with Crippen LogP contribution in [0, 0.1) is 0 Å². The molecule has 3 heterocycles. The SMILES string of the molecule is C[C@H]1COCCN1c1cc(C2(SCCCO)CCOCC2)nc(-c2ccc(NC(=O)NCCO)cc2)n1. The number of benzene rings is 1. The van der Waals surface area contributed by atoms with Gasteiger partial charge in [-0.3, -0.25) is 0 Å². The van der Waals surface area contributed by atoms with Crippen molar-refractivity contribution in [2.24, 2.45) is 0 Å². The van der Waals surface area contributed by atoms with Crippen molar-refractivity contribution < 1.29 is 24.5 Å². The van der Waals surface area contributed by atoms with Gasteiger partial charge in [0.25, 0.3) is 0 Å². The van der Waals surface area contributed by atoms with Crippen LogP contribution in [0.1, 0.15) is 31.9 Å². The van der Waals surface area contributed by atoms with Crippen LogP contribution in [0.2, 0.25) is 0 Å². The Balaban J connectivity index is 1.68. The molecule has 2 aliphatic heterocycles. The third kappa shape index (κ3) is 7.11. The summed E-state index contributed by atoms with van der Waals surface area (Å²) in [5.74, 6) is 2.36. The Morgan fingerprint density at radius 1 is 1.14 bits per heavy atom. The van der Waals surface area contributed by atoms with E-state index in [0.29, 0.717) is 37.9 Å². The first kappa shape index (κ1) is 27.6. The minimum absolute atomic E-state index is 0.115. The maximum absolute atomic E-state index is 11.9. The lowest BCUT2D eigenvalue weighted by Crippen LogP contribution is -2.44. The third-order valence-corrected chi connectivity index (χ3v) is 8.28. The normalized spacial score (nSPS) is 19.4. The fourth-order valence-corrected chi connectivity index (χ4v) is 5.94. The van der Waals surface area contributed by atoms with Gasteiger partial charge >= 0.3 is 6.03 Å². The van der Waals surface area contributed by atoms with Crippen molar-refractivity contribution in [3.8, 4) is 11.4 Å². The Kier molecular flexibility index (Phi) is 9.98. The van der Waals surface area contributed by atoms with E-state index in [1.807, 2.05) is 36.0 Å². The van der Waals surface area contributed by atoms with Gasteiger partial charge in [-0.1, -0.05) is 0 Å². The van der Waals surface area contributed by atoms with Gasteiger partial charge in [-0.05, 0) is 56.2 Å². The summed E-state index contributed by atoms with van der Waals surface area (Å²) < 4.78 is 11.2. The van der Waals surface area contributed by atoms with Crippen LogP contribution >= 0.6 is 11.8 Å². The van der Waals surface area contributed by atoms with Gasteiger partial charge in [0.2, 0.25) is 0 Å². The molecular weight excluding hydrogens is 494 g/mol. The number of thioether (sulfide) groups is 1. The monoisotopic (exact) mass is 531 g/mol. The fraction of sp³-hybridized carbons (Fsp3) is 0.577. The summed E-state index contributed by atoms with van der Waals surface area (Å²) in [4.78, 5) is 24.3. The average molecular weight is 532 g/mol. The van der Waals surface area contributed by atoms with E-state index in [1.54, 1.807) is 0 Å². The predicted molar refractivity (Wildman–Crippen MR) is 145 cm³/mol. The van der Waals surface area contributed by atoms with Crippen molar-refractivity contribution in [1.29, 1.82) is 0 Å². The van der Waals surface area contributed by atoms with Crippen molar-refractivity contribution in [3.63, 3.8) is 0 Å². The number of hydrogen-bond acceptors (Lipinski definition) is 9. The number of carbonyl (C=O) groups excluding carboxylic acids is 1. The smallest absolute Gasteiger partial charge is 0.319 e.